The summed E-state index contributed by atoms with van der Waals surface area (Å²) in [5, 5.41) is 10.7. The van der Waals surface area contributed by atoms with Crippen molar-refractivity contribution < 1.29 is 5.11 Å². The van der Waals surface area contributed by atoms with Gasteiger partial charge in [-0.05, 0) is 37.1 Å². The summed E-state index contributed by atoms with van der Waals surface area (Å²) in [4.78, 5) is 15.8. The molecule has 1 N–H and O–H groups in total. The number of aliphatic hydroxyl groups excluding tert-OH is 1. The van der Waals surface area contributed by atoms with E-state index in [0.717, 1.165) is 42.0 Å². The molecule has 6 heteroatoms. The fraction of sp³-hybridized carbons (Fsp3) is 0.250. The normalized spacial score (nSPS) is 17.3. The van der Waals surface area contributed by atoms with E-state index in [0.29, 0.717) is 17.4 Å². The summed E-state index contributed by atoms with van der Waals surface area (Å²) in [5.41, 5.74) is 2.66. The van der Waals surface area contributed by atoms with Crippen LogP contribution in [-0.4, -0.2) is 39.3 Å². The number of benzene rings is 1. The Kier molecular flexibility index (Phi) is 4.82. The van der Waals surface area contributed by atoms with Crippen LogP contribution in [0.15, 0.2) is 54.9 Å². The molecule has 26 heavy (non-hydrogen) atoms. The summed E-state index contributed by atoms with van der Waals surface area (Å²) in [6.45, 7) is 1.46. The predicted octanol–water partition coefficient (Wildman–Crippen LogP) is 3.82. The van der Waals surface area contributed by atoms with Gasteiger partial charge in [-0.1, -0.05) is 23.7 Å². The fourth-order valence-corrected chi connectivity index (χ4v) is 3.28. The monoisotopic (exact) mass is 366 g/mol. The minimum atomic E-state index is -0.320. The van der Waals surface area contributed by atoms with E-state index < -0.39 is 0 Å². The minimum absolute atomic E-state index is 0.320. The van der Waals surface area contributed by atoms with Crippen molar-refractivity contribution in [1.82, 2.24) is 15.0 Å². The second-order valence-electron chi connectivity index (χ2n) is 6.43. The molecule has 0 radical (unpaired) electrons. The highest BCUT2D eigenvalue weighted by Crippen LogP contribution is 2.28. The molecule has 4 rings (SSSR count). The number of β-amino-alcohol motifs (C(OH)–C–C–N with tert-alkyl or cyclic N) is 1. The standard InChI is InChI=1S/C20H19ClN4O/c21-16-7-5-14(6-8-16)18-11-19(25-10-2-4-17(26)13-25)24-20(23-18)15-3-1-9-22-12-15/h1,3,5-9,11-12,17,26H,2,4,10,13H2/t17-/m0/s1. The van der Waals surface area contributed by atoms with Gasteiger partial charge in [-0.3, -0.25) is 4.98 Å². The molecule has 2 aromatic heterocycles. The lowest BCUT2D eigenvalue weighted by molar-refractivity contribution is 0.154. The lowest BCUT2D eigenvalue weighted by Crippen LogP contribution is -2.38. The number of anilines is 1. The number of rotatable bonds is 3. The molecule has 1 aromatic carbocycles. The highest BCUT2D eigenvalue weighted by atomic mass is 35.5. The summed E-state index contributed by atoms with van der Waals surface area (Å²) in [5.74, 6) is 1.45. The number of pyridine rings is 1. The molecule has 3 aromatic rings. The minimum Gasteiger partial charge on any atom is -0.391 e. The number of piperidine rings is 1. The van der Waals surface area contributed by atoms with Crippen molar-refractivity contribution in [3.8, 4) is 22.6 Å². The molecule has 1 fully saturated rings. The van der Waals surface area contributed by atoms with Gasteiger partial charge in [0, 0.05) is 47.7 Å². The maximum absolute atomic E-state index is 10.0. The van der Waals surface area contributed by atoms with Crippen LogP contribution < -0.4 is 4.90 Å². The number of hydrogen-bond acceptors (Lipinski definition) is 5. The Hall–Kier alpha value is -2.50. The fourth-order valence-electron chi connectivity index (χ4n) is 3.15. The summed E-state index contributed by atoms with van der Waals surface area (Å²) < 4.78 is 0. The quantitative estimate of drug-likeness (QED) is 0.763. The molecule has 3 heterocycles. The van der Waals surface area contributed by atoms with Crippen LogP contribution in [0.1, 0.15) is 12.8 Å². The maximum Gasteiger partial charge on any atom is 0.163 e. The van der Waals surface area contributed by atoms with Crippen LogP contribution in [0, 0.1) is 0 Å². The van der Waals surface area contributed by atoms with Crippen LogP contribution >= 0.6 is 11.6 Å². The molecule has 132 valence electrons. The summed E-state index contributed by atoms with van der Waals surface area (Å²) >= 11 is 6.02. The maximum atomic E-state index is 10.0. The molecule has 0 saturated carbocycles. The molecular formula is C20H19ClN4O. The first-order chi connectivity index (χ1) is 12.7. The highest BCUT2D eigenvalue weighted by Gasteiger charge is 2.20. The van der Waals surface area contributed by atoms with Gasteiger partial charge in [-0.15, -0.1) is 0 Å². The molecule has 0 unspecified atom stereocenters. The zero-order valence-corrected chi connectivity index (χ0v) is 15.0. The zero-order valence-electron chi connectivity index (χ0n) is 14.2. The van der Waals surface area contributed by atoms with Crippen molar-refractivity contribution in [3.05, 3.63) is 59.9 Å². The molecule has 1 aliphatic heterocycles. The predicted molar refractivity (Wildman–Crippen MR) is 103 cm³/mol. The number of halogens is 1. The highest BCUT2D eigenvalue weighted by molar-refractivity contribution is 6.30. The van der Waals surface area contributed by atoms with Gasteiger partial charge in [0.25, 0.3) is 0 Å². The van der Waals surface area contributed by atoms with Crippen LogP contribution in [0.4, 0.5) is 5.82 Å². The Bertz CT molecular complexity index is 886. The van der Waals surface area contributed by atoms with Gasteiger partial charge in [-0.2, -0.15) is 0 Å². The number of hydrogen-bond donors (Lipinski definition) is 1. The first-order valence-electron chi connectivity index (χ1n) is 8.67. The van der Waals surface area contributed by atoms with Crippen LogP contribution in [0.25, 0.3) is 22.6 Å². The van der Waals surface area contributed by atoms with Gasteiger partial charge in [0.15, 0.2) is 5.82 Å². The topological polar surface area (TPSA) is 62.1 Å². The third-order valence-corrected chi connectivity index (χ3v) is 4.74. The van der Waals surface area contributed by atoms with E-state index in [1.54, 1.807) is 12.4 Å². The molecule has 0 spiro atoms. The van der Waals surface area contributed by atoms with Crippen molar-refractivity contribution in [2.45, 2.75) is 18.9 Å². The van der Waals surface area contributed by atoms with Crippen molar-refractivity contribution >= 4 is 17.4 Å². The van der Waals surface area contributed by atoms with E-state index >= 15 is 0 Å². The Labute approximate surface area is 157 Å². The Balaban J connectivity index is 1.80. The van der Waals surface area contributed by atoms with Gasteiger partial charge >= 0.3 is 0 Å². The van der Waals surface area contributed by atoms with Crippen molar-refractivity contribution in [2.75, 3.05) is 18.0 Å². The average Bonchev–Trinajstić information content (AvgIpc) is 2.69. The lowest BCUT2D eigenvalue weighted by atomic mass is 10.1. The van der Waals surface area contributed by atoms with Gasteiger partial charge in [-0.25, -0.2) is 9.97 Å². The second kappa shape index (κ2) is 7.40. The smallest absolute Gasteiger partial charge is 0.163 e. The first-order valence-corrected chi connectivity index (χ1v) is 9.05. The van der Waals surface area contributed by atoms with E-state index in [1.165, 1.54) is 0 Å². The van der Waals surface area contributed by atoms with Crippen LogP contribution in [0.2, 0.25) is 5.02 Å². The lowest BCUT2D eigenvalue weighted by Gasteiger charge is -2.31. The molecule has 1 saturated heterocycles. The number of nitrogens with zero attached hydrogens (tertiary/aromatic N) is 4. The van der Waals surface area contributed by atoms with E-state index in [-0.39, 0.29) is 6.10 Å². The summed E-state index contributed by atoms with van der Waals surface area (Å²) in [7, 11) is 0. The van der Waals surface area contributed by atoms with Crippen molar-refractivity contribution in [2.24, 2.45) is 0 Å². The van der Waals surface area contributed by atoms with Crippen LogP contribution in [-0.2, 0) is 0 Å². The van der Waals surface area contributed by atoms with E-state index in [9.17, 15) is 5.11 Å². The molecule has 1 atom stereocenters. The third-order valence-electron chi connectivity index (χ3n) is 4.49. The van der Waals surface area contributed by atoms with E-state index in [4.69, 9.17) is 21.6 Å². The summed E-state index contributed by atoms with van der Waals surface area (Å²) in [6.07, 6.45) is 4.95. The number of aliphatic hydroxyl groups is 1. The summed E-state index contributed by atoms with van der Waals surface area (Å²) in [6, 6.07) is 13.4. The first kappa shape index (κ1) is 16.9. The molecule has 1 aliphatic rings. The third kappa shape index (κ3) is 3.69. The van der Waals surface area contributed by atoms with Gasteiger partial charge in [0.2, 0.25) is 0 Å². The van der Waals surface area contributed by atoms with Gasteiger partial charge in [0.05, 0.1) is 11.8 Å². The largest absolute Gasteiger partial charge is 0.391 e. The molecule has 5 nitrogen and oxygen atoms in total. The zero-order chi connectivity index (χ0) is 17.9. The Morgan fingerprint density at radius 3 is 2.65 bits per heavy atom. The molecule has 0 aliphatic carbocycles. The Morgan fingerprint density at radius 1 is 1.08 bits per heavy atom. The van der Waals surface area contributed by atoms with Gasteiger partial charge in [0.1, 0.15) is 5.82 Å². The average molecular weight is 367 g/mol. The van der Waals surface area contributed by atoms with E-state index in [1.807, 2.05) is 42.5 Å². The SMILES string of the molecule is O[C@H]1CCCN(c2cc(-c3ccc(Cl)cc3)nc(-c3cccnc3)n2)C1. The van der Waals surface area contributed by atoms with Crippen LogP contribution in [0.5, 0.6) is 0 Å². The Morgan fingerprint density at radius 2 is 1.92 bits per heavy atom. The van der Waals surface area contributed by atoms with Crippen molar-refractivity contribution in [3.63, 3.8) is 0 Å². The van der Waals surface area contributed by atoms with Gasteiger partial charge < -0.3 is 10.0 Å². The molecule has 0 bridgehead atoms. The van der Waals surface area contributed by atoms with Crippen molar-refractivity contribution in [1.29, 1.82) is 0 Å². The second-order valence-corrected chi connectivity index (χ2v) is 6.86. The van der Waals surface area contributed by atoms with E-state index in [2.05, 4.69) is 9.88 Å². The molecule has 0 amide bonds. The molecular weight excluding hydrogens is 348 g/mol. The number of aromatic nitrogens is 3. The van der Waals surface area contributed by atoms with Crippen LogP contribution in [0.3, 0.4) is 0 Å².